The Morgan fingerprint density at radius 2 is 2.11 bits per heavy atom. The van der Waals surface area contributed by atoms with Crippen molar-refractivity contribution in [3.63, 3.8) is 0 Å². The van der Waals surface area contributed by atoms with Crippen molar-refractivity contribution in [2.24, 2.45) is 0 Å². The number of amides is 1. The van der Waals surface area contributed by atoms with E-state index in [-0.39, 0.29) is 24.8 Å². The fraction of sp³-hybridized carbons (Fsp3) is 0.462. The number of rotatable bonds is 6. The summed E-state index contributed by atoms with van der Waals surface area (Å²) in [6, 6.07) is 4.70. The number of aryl methyl sites for hydroxylation is 1. The third-order valence-corrected chi connectivity index (χ3v) is 2.67. The maximum atomic E-state index is 12.2. The van der Waals surface area contributed by atoms with Crippen LogP contribution in [0.25, 0.3) is 0 Å². The minimum atomic E-state index is -0.177. The van der Waals surface area contributed by atoms with E-state index >= 15 is 0 Å². The van der Waals surface area contributed by atoms with Gasteiger partial charge in [-0.05, 0) is 30.7 Å². The van der Waals surface area contributed by atoms with Crippen LogP contribution in [-0.2, 0) is 4.74 Å². The maximum absolute atomic E-state index is 12.2. The molecule has 1 aromatic carbocycles. The molecule has 18 heavy (non-hydrogen) atoms. The Bertz CT molecular complexity index is 406. The molecule has 0 radical (unpaired) electrons. The predicted octanol–water partition coefficient (Wildman–Crippen LogP) is 0.782. The first-order chi connectivity index (χ1) is 8.60. The molecular weight excluding hydrogens is 234 g/mol. The van der Waals surface area contributed by atoms with E-state index in [4.69, 9.17) is 9.84 Å². The Hall–Kier alpha value is -1.59. The highest BCUT2D eigenvalue weighted by Crippen LogP contribution is 2.18. The van der Waals surface area contributed by atoms with Crippen LogP contribution in [0.15, 0.2) is 18.2 Å². The van der Waals surface area contributed by atoms with E-state index in [2.05, 4.69) is 0 Å². The average Bonchev–Trinajstić information content (AvgIpc) is 2.37. The predicted molar refractivity (Wildman–Crippen MR) is 67.7 cm³/mol. The smallest absolute Gasteiger partial charge is 0.254 e. The van der Waals surface area contributed by atoms with Gasteiger partial charge in [-0.25, -0.2) is 0 Å². The van der Waals surface area contributed by atoms with Gasteiger partial charge in [0.25, 0.3) is 5.91 Å². The van der Waals surface area contributed by atoms with Crippen molar-refractivity contribution >= 4 is 5.91 Å². The van der Waals surface area contributed by atoms with E-state index in [9.17, 15) is 9.90 Å². The van der Waals surface area contributed by atoms with E-state index in [0.717, 1.165) is 0 Å². The van der Waals surface area contributed by atoms with Gasteiger partial charge >= 0.3 is 0 Å². The Kier molecular flexibility index (Phi) is 5.61. The summed E-state index contributed by atoms with van der Waals surface area (Å²) in [6.07, 6.45) is 0. The van der Waals surface area contributed by atoms with Crippen molar-refractivity contribution in [1.29, 1.82) is 0 Å². The molecule has 0 saturated carbocycles. The lowest BCUT2D eigenvalue weighted by Gasteiger charge is -2.21. The number of aromatic hydroxyl groups is 1. The number of hydrogen-bond acceptors (Lipinski definition) is 4. The molecule has 0 aliphatic carbocycles. The zero-order valence-electron chi connectivity index (χ0n) is 10.7. The van der Waals surface area contributed by atoms with E-state index in [1.807, 2.05) is 0 Å². The number of carbonyl (C=O) groups excluding carboxylic acids is 1. The van der Waals surface area contributed by atoms with Crippen molar-refractivity contribution in [2.75, 3.05) is 33.4 Å². The molecule has 0 aliphatic heterocycles. The molecule has 0 aromatic heterocycles. The van der Waals surface area contributed by atoms with E-state index in [1.54, 1.807) is 26.2 Å². The number of carbonyl (C=O) groups is 1. The summed E-state index contributed by atoms with van der Waals surface area (Å²) >= 11 is 0. The zero-order chi connectivity index (χ0) is 13.5. The Balaban J connectivity index is 2.83. The summed E-state index contributed by atoms with van der Waals surface area (Å²) in [5, 5.41) is 18.4. The molecule has 0 atom stereocenters. The normalized spacial score (nSPS) is 10.4. The second kappa shape index (κ2) is 6.98. The van der Waals surface area contributed by atoms with Crippen LogP contribution in [0.3, 0.4) is 0 Å². The lowest BCUT2D eigenvalue weighted by atomic mass is 10.1. The molecule has 0 bridgehead atoms. The van der Waals surface area contributed by atoms with Crippen LogP contribution >= 0.6 is 0 Å². The summed E-state index contributed by atoms with van der Waals surface area (Å²) in [4.78, 5) is 13.7. The first kappa shape index (κ1) is 14.5. The average molecular weight is 253 g/mol. The van der Waals surface area contributed by atoms with Crippen LogP contribution in [0.5, 0.6) is 5.75 Å². The van der Waals surface area contributed by atoms with Crippen LogP contribution in [-0.4, -0.2) is 54.4 Å². The number of aliphatic hydroxyl groups is 1. The van der Waals surface area contributed by atoms with Gasteiger partial charge in [-0.3, -0.25) is 4.79 Å². The summed E-state index contributed by atoms with van der Waals surface area (Å²) in [7, 11) is 1.56. The van der Waals surface area contributed by atoms with Gasteiger partial charge in [-0.15, -0.1) is 0 Å². The minimum Gasteiger partial charge on any atom is -0.508 e. The lowest BCUT2D eigenvalue weighted by Crippen LogP contribution is -2.36. The van der Waals surface area contributed by atoms with Gasteiger partial charge in [0.2, 0.25) is 0 Å². The zero-order valence-corrected chi connectivity index (χ0v) is 10.7. The third-order valence-electron chi connectivity index (χ3n) is 2.67. The Morgan fingerprint density at radius 1 is 1.39 bits per heavy atom. The molecule has 0 aliphatic rings. The third kappa shape index (κ3) is 3.72. The first-order valence-corrected chi connectivity index (χ1v) is 5.78. The van der Waals surface area contributed by atoms with Crippen molar-refractivity contribution < 1.29 is 19.7 Å². The molecule has 1 amide bonds. The summed E-state index contributed by atoms with van der Waals surface area (Å²) in [5.41, 5.74) is 1.14. The van der Waals surface area contributed by atoms with Crippen LogP contribution in [0.1, 0.15) is 15.9 Å². The number of hydrogen-bond donors (Lipinski definition) is 2. The van der Waals surface area contributed by atoms with E-state index in [0.29, 0.717) is 24.3 Å². The summed E-state index contributed by atoms with van der Waals surface area (Å²) in [6.45, 7) is 2.75. The number of methoxy groups -OCH3 is 1. The number of benzene rings is 1. The highest BCUT2D eigenvalue weighted by Gasteiger charge is 2.15. The molecule has 0 spiro atoms. The van der Waals surface area contributed by atoms with Crippen molar-refractivity contribution in [2.45, 2.75) is 6.92 Å². The molecule has 5 nitrogen and oxygen atoms in total. The fourth-order valence-electron chi connectivity index (χ4n) is 1.61. The Labute approximate surface area is 107 Å². The van der Waals surface area contributed by atoms with Crippen molar-refractivity contribution in [3.8, 4) is 5.75 Å². The van der Waals surface area contributed by atoms with Gasteiger partial charge in [0.15, 0.2) is 0 Å². The molecule has 0 fully saturated rings. The van der Waals surface area contributed by atoms with Gasteiger partial charge in [0, 0.05) is 25.8 Å². The van der Waals surface area contributed by atoms with E-state index < -0.39 is 0 Å². The Morgan fingerprint density at radius 3 is 2.67 bits per heavy atom. The summed E-state index contributed by atoms with van der Waals surface area (Å²) in [5.74, 6) is -0.0126. The molecule has 0 saturated heterocycles. The fourth-order valence-corrected chi connectivity index (χ4v) is 1.61. The van der Waals surface area contributed by atoms with Crippen molar-refractivity contribution in [3.05, 3.63) is 29.3 Å². The molecule has 5 heteroatoms. The molecule has 1 aromatic rings. The van der Waals surface area contributed by atoms with Gasteiger partial charge in [0.05, 0.1) is 13.2 Å². The molecule has 1 rings (SSSR count). The molecule has 0 unspecified atom stereocenters. The lowest BCUT2D eigenvalue weighted by molar-refractivity contribution is 0.0656. The van der Waals surface area contributed by atoms with Gasteiger partial charge in [0.1, 0.15) is 5.75 Å². The minimum absolute atomic E-state index is 0.0908. The molecule has 0 heterocycles. The number of nitrogens with zero attached hydrogens (tertiary/aromatic N) is 1. The van der Waals surface area contributed by atoms with Crippen molar-refractivity contribution in [1.82, 2.24) is 4.90 Å². The van der Waals surface area contributed by atoms with Crippen LogP contribution in [0, 0.1) is 6.92 Å². The topological polar surface area (TPSA) is 70.0 Å². The van der Waals surface area contributed by atoms with Crippen LogP contribution in [0.4, 0.5) is 0 Å². The van der Waals surface area contributed by atoms with Gasteiger partial charge in [-0.2, -0.15) is 0 Å². The second-order valence-corrected chi connectivity index (χ2v) is 4.01. The van der Waals surface area contributed by atoms with E-state index in [1.165, 1.54) is 11.0 Å². The molecular formula is C13H19NO4. The number of phenols is 1. The SMILES string of the molecule is COCCN(CCO)C(=O)c1ccc(O)c(C)c1. The first-order valence-electron chi connectivity index (χ1n) is 5.78. The van der Waals surface area contributed by atoms with Gasteiger partial charge in [-0.1, -0.05) is 0 Å². The number of ether oxygens (including phenoxy) is 1. The highest BCUT2D eigenvalue weighted by atomic mass is 16.5. The number of phenolic OH excluding ortho intramolecular Hbond substituents is 1. The molecule has 2 N–H and O–H groups in total. The standard InChI is InChI=1S/C13H19NO4/c1-10-9-11(3-4-12(10)16)13(17)14(5-7-15)6-8-18-2/h3-4,9,15-16H,5-8H2,1-2H3. The van der Waals surface area contributed by atoms with Crippen LogP contribution in [0.2, 0.25) is 0 Å². The largest absolute Gasteiger partial charge is 0.508 e. The quantitative estimate of drug-likeness (QED) is 0.786. The van der Waals surface area contributed by atoms with Gasteiger partial charge < -0.3 is 19.8 Å². The number of aliphatic hydroxyl groups excluding tert-OH is 1. The molecule has 100 valence electrons. The highest BCUT2D eigenvalue weighted by molar-refractivity contribution is 5.94. The second-order valence-electron chi connectivity index (χ2n) is 4.01. The monoisotopic (exact) mass is 253 g/mol. The maximum Gasteiger partial charge on any atom is 0.254 e. The summed E-state index contributed by atoms with van der Waals surface area (Å²) < 4.78 is 4.93. The van der Waals surface area contributed by atoms with Crippen LogP contribution < -0.4 is 0 Å².